The van der Waals surface area contributed by atoms with Crippen molar-refractivity contribution in [3.05, 3.63) is 65.7 Å². The van der Waals surface area contributed by atoms with Crippen molar-refractivity contribution in [1.29, 1.82) is 0 Å². The third kappa shape index (κ3) is 4.27. The first-order valence-corrected chi connectivity index (χ1v) is 11.6. The molecule has 0 radical (unpaired) electrons. The van der Waals surface area contributed by atoms with E-state index in [-0.39, 0.29) is 23.3 Å². The lowest BCUT2D eigenvalue weighted by Gasteiger charge is -2.29. The first-order valence-electron chi connectivity index (χ1n) is 10.2. The molecule has 0 spiro atoms. The van der Waals surface area contributed by atoms with E-state index in [0.717, 1.165) is 18.4 Å². The maximum Gasteiger partial charge on any atom is 0.251 e. The summed E-state index contributed by atoms with van der Waals surface area (Å²) in [5, 5.41) is 14.0. The fraction of sp³-hybridized carbons (Fsp3) is 0.409. The van der Waals surface area contributed by atoms with Gasteiger partial charge < -0.3 is 15.2 Å². The summed E-state index contributed by atoms with van der Waals surface area (Å²) in [5.74, 6) is -0.221. The number of hydrogen-bond acceptors (Lipinski definition) is 5. The second kappa shape index (κ2) is 8.47. The van der Waals surface area contributed by atoms with Gasteiger partial charge in [-0.05, 0) is 48.6 Å². The summed E-state index contributed by atoms with van der Waals surface area (Å²) in [5.41, 5.74) is 0.0400. The van der Waals surface area contributed by atoms with Crippen molar-refractivity contribution in [2.75, 3.05) is 32.8 Å². The lowest BCUT2D eigenvalue weighted by molar-refractivity contribution is 0.0135. The van der Waals surface area contributed by atoms with E-state index in [4.69, 9.17) is 4.74 Å². The molecule has 1 aliphatic carbocycles. The molecule has 2 aromatic rings. The SMILES string of the molecule is O=C(NCC(O)(c1ccccc1)C1CC1)c1ccc(S(=O)(=O)N2CCOCC2)cc1. The van der Waals surface area contributed by atoms with E-state index in [2.05, 4.69) is 5.32 Å². The van der Waals surface area contributed by atoms with E-state index in [1.807, 2.05) is 30.3 Å². The molecular formula is C22H26N2O5S. The summed E-state index contributed by atoms with van der Waals surface area (Å²) in [4.78, 5) is 12.8. The summed E-state index contributed by atoms with van der Waals surface area (Å²) >= 11 is 0. The van der Waals surface area contributed by atoms with Gasteiger partial charge in [-0.15, -0.1) is 0 Å². The van der Waals surface area contributed by atoms with Crippen LogP contribution in [-0.4, -0.2) is 56.6 Å². The minimum atomic E-state index is -3.60. The third-order valence-corrected chi connectivity index (χ3v) is 7.68. The standard InChI is InChI=1S/C22H26N2O5S/c25-21(23-16-22(26,19-8-9-19)18-4-2-1-3-5-18)17-6-10-20(11-7-17)30(27,28)24-12-14-29-15-13-24/h1-7,10-11,19,26H,8-9,12-16H2,(H,23,25). The average Bonchev–Trinajstić information content (AvgIpc) is 3.64. The summed E-state index contributed by atoms with van der Waals surface area (Å²) in [6.45, 7) is 1.51. The molecule has 0 aromatic heterocycles. The van der Waals surface area contributed by atoms with Crippen molar-refractivity contribution in [2.45, 2.75) is 23.3 Å². The van der Waals surface area contributed by atoms with Crippen LogP contribution in [0, 0.1) is 5.92 Å². The van der Waals surface area contributed by atoms with Crippen LogP contribution in [0.15, 0.2) is 59.5 Å². The molecule has 1 amide bonds. The summed E-state index contributed by atoms with van der Waals surface area (Å²) < 4.78 is 32.0. The van der Waals surface area contributed by atoms with Gasteiger partial charge >= 0.3 is 0 Å². The number of morpholine rings is 1. The quantitative estimate of drug-likeness (QED) is 0.698. The molecule has 160 valence electrons. The summed E-state index contributed by atoms with van der Waals surface area (Å²) in [6, 6.07) is 15.3. The Kier molecular flexibility index (Phi) is 5.92. The van der Waals surface area contributed by atoms with Gasteiger partial charge in [0.15, 0.2) is 0 Å². The number of aliphatic hydroxyl groups is 1. The third-order valence-electron chi connectivity index (χ3n) is 5.77. The molecule has 2 fully saturated rings. The Hall–Kier alpha value is -2.26. The maximum absolute atomic E-state index is 12.7. The molecule has 1 unspecified atom stereocenters. The molecule has 1 atom stereocenters. The molecule has 1 saturated heterocycles. The highest BCUT2D eigenvalue weighted by Crippen LogP contribution is 2.45. The van der Waals surface area contributed by atoms with Crippen LogP contribution < -0.4 is 5.32 Å². The van der Waals surface area contributed by atoms with Gasteiger partial charge in [0.1, 0.15) is 5.60 Å². The highest BCUT2D eigenvalue weighted by Gasteiger charge is 2.45. The molecule has 2 aliphatic rings. The van der Waals surface area contributed by atoms with Crippen LogP contribution in [0.4, 0.5) is 0 Å². The second-order valence-corrected chi connectivity index (χ2v) is 9.73. The highest BCUT2D eigenvalue weighted by molar-refractivity contribution is 7.89. The molecule has 8 heteroatoms. The van der Waals surface area contributed by atoms with Crippen molar-refractivity contribution < 1.29 is 23.1 Å². The van der Waals surface area contributed by atoms with Crippen LogP contribution in [0.25, 0.3) is 0 Å². The lowest BCUT2D eigenvalue weighted by Crippen LogP contribution is -2.42. The first kappa shape index (κ1) is 21.0. The topological polar surface area (TPSA) is 95.9 Å². The van der Waals surface area contributed by atoms with E-state index in [1.165, 1.54) is 28.6 Å². The molecule has 1 aliphatic heterocycles. The predicted octanol–water partition coefficient (Wildman–Crippen LogP) is 1.74. The van der Waals surface area contributed by atoms with Gasteiger partial charge in [0.05, 0.1) is 24.7 Å². The lowest BCUT2D eigenvalue weighted by atomic mass is 9.88. The van der Waals surface area contributed by atoms with Crippen molar-refractivity contribution in [3.8, 4) is 0 Å². The molecule has 7 nitrogen and oxygen atoms in total. The number of hydrogen-bond donors (Lipinski definition) is 2. The normalized spacial score (nSPS) is 19.8. The Balaban J connectivity index is 1.44. The monoisotopic (exact) mass is 430 g/mol. The Morgan fingerprint density at radius 3 is 2.30 bits per heavy atom. The predicted molar refractivity (Wildman–Crippen MR) is 111 cm³/mol. The number of benzene rings is 2. The smallest absolute Gasteiger partial charge is 0.251 e. The Bertz CT molecular complexity index is 984. The number of nitrogens with one attached hydrogen (secondary N) is 1. The number of carbonyl (C=O) groups excluding carboxylic acids is 1. The largest absolute Gasteiger partial charge is 0.383 e. The number of rotatable bonds is 7. The van der Waals surface area contributed by atoms with Gasteiger partial charge in [-0.2, -0.15) is 4.31 Å². The summed E-state index contributed by atoms with van der Waals surface area (Å²) in [6.07, 6.45) is 1.85. The molecule has 2 N–H and O–H groups in total. The van der Waals surface area contributed by atoms with Crippen molar-refractivity contribution >= 4 is 15.9 Å². The number of ether oxygens (including phenoxy) is 1. The fourth-order valence-corrected chi connectivity index (χ4v) is 5.21. The van der Waals surface area contributed by atoms with E-state index >= 15 is 0 Å². The zero-order valence-corrected chi connectivity index (χ0v) is 17.5. The number of sulfonamides is 1. The maximum atomic E-state index is 12.7. The highest BCUT2D eigenvalue weighted by atomic mass is 32.2. The second-order valence-electron chi connectivity index (χ2n) is 7.79. The van der Waals surface area contributed by atoms with Gasteiger partial charge in [-0.3, -0.25) is 4.79 Å². The number of carbonyl (C=O) groups is 1. The zero-order chi connectivity index (χ0) is 21.2. The van der Waals surface area contributed by atoms with E-state index in [9.17, 15) is 18.3 Å². The molecular weight excluding hydrogens is 404 g/mol. The minimum absolute atomic E-state index is 0.105. The van der Waals surface area contributed by atoms with Crippen molar-refractivity contribution in [1.82, 2.24) is 9.62 Å². The minimum Gasteiger partial charge on any atom is -0.383 e. The molecule has 2 aromatic carbocycles. The van der Waals surface area contributed by atoms with Crippen LogP contribution >= 0.6 is 0 Å². The molecule has 1 saturated carbocycles. The molecule has 0 bridgehead atoms. The van der Waals surface area contributed by atoms with Crippen LogP contribution in [-0.2, 0) is 20.4 Å². The van der Waals surface area contributed by atoms with Gasteiger partial charge in [-0.1, -0.05) is 30.3 Å². The van der Waals surface area contributed by atoms with Crippen LogP contribution in [0.2, 0.25) is 0 Å². The van der Waals surface area contributed by atoms with Gasteiger partial charge in [0.25, 0.3) is 5.91 Å². The molecule has 1 heterocycles. The van der Waals surface area contributed by atoms with Crippen molar-refractivity contribution in [3.63, 3.8) is 0 Å². The number of nitrogens with zero attached hydrogens (tertiary/aromatic N) is 1. The zero-order valence-electron chi connectivity index (χ0n) is 16.7. The van der Waals surface area contributed by atoms with Crippen LogP contribution in [0.5, 0.6) is 0 Å². The van der Waals surface area contributed by atoms with Gasteiger partial charge in [0.2, 0.25) is 10.0 Å². The average molecular weight is 431 g/mol. The first-order chi connectivity index (χ1) is 14.4. The van der Waals surface area contributed by atoms with E-state index in [0.29, 0.717) is 31.9 Å². The van der Waals surface area contributed by atoms with E-state index < -0.39 is 15.6 Å². The molecule has 4 rings (SSSR count). The van der Waals surface area contributed by atoms with Gasteiger partial charge in [-0.25, -0.2) is 8.42 Å². The van der Waals surface area contributed by atoms with E-state index in [1.54, 1.807) is 0 Å². The van der Waals surface area contributed by atoms with Gasteiger partial charge in [0, 0.05) is 18.7 Å². The summed E-state index contributed by atoms with van der Waals surface area (Å²) in [7, 11) is -3.60. The molecule has 30 heavy (non-hydrogen) atoms. The Morgan fingerprint density at radius 1 is 1.07 bits per heavy atom. The number of amides is 1. The van der Waals surface area contributed by atoms with Crippen molar-refractivity contribution in [2.24, 2.45) is 5.92 Å². The Morgan fingerprint density at radius 2 is 1.70 bits per heavy atom. The fourth-order valence-electron chi connectivity index (χ4n) is 3.80. The van der Waals surface area contributed by atoms with Crippen LogP contribution in [0.1, 0.15) is 28.8 Å². The van der Waals surface area contributed by atoms with Crippen LogP contribution in [0.3, 0.4) is 0 Å². The Labute approximate surface area is 176 Å².